The van der Waals surface area contributed by atoms with E-state index in [2.05, 4.69) is 6.92 Å². The largest absolute Gasteiger partial charge is 1.00 e. The van der Waals surface area contributed by atoms with Crippen LogP contribution in [0.5, 0.6) is 0 Å². The normalized spacial score (nSPS) is 12.3. The van der Waals surface area contributed by atoms with Gasteiger partial charge in [-0.15, -0.1) is 0 Å². The zero-order valence-corrected chi connectivity index (χ0v) is 18.8. The molecule has 0 aliphatic heterocycles. The molecular formula is C21H42BrNO2. The molecule has 0 fully saturated rings. The average Bonchev–Trinajstić information content (AvgIpc) is 2.54. The van der Waals surface area contributed by atoms with Crippen molar-refractivity contribution in [2.75, 3.05) is 20.7 Å². The molecule has 4 heteroatoms. The Morgan fingerprint density at radius 1 is 0.840 bits per heavy atom. The van der Waals surface area contributed by atoms with E-state index in [0.717, 1.165) is 6.42 Å². The molecule has 0 aromatic rings. The molecule has 0 aromatic carbocycles. The summed E-state index contributed by atoms with van der Waals surface area (Å²) in [6.07, 6.45) is 19.0. The highest BCUT2D eigenvalue weighted by Gasteiger charge is 2.26. The van der Waals surface area contributed by atoms with Crippen molar-refractivity contribution >= 4 is 5.94 Å². The second-order valence-electron chi connectivity index (χ2n) is 7.46. The summed E-state index contributed by atoms with van der Waals surface area (Å²) in [5, 5.41) is 0. The van der Waals surface area contributed by atoms with Crippen LogP contribution in [0.4, 0.5) is 0 Å². The first-order valence-corrected chi connectivity index (χ1v) is 10.3. The summed E-state index contributed by atoms with van der Waals surface area (Å²) in [5.74, 6) is 1.91. The molecule has 0 heterocycles. The molecule has 0 saturated carbocycles. The van der Waals surface area contributed by atoms with Crippen LogP contribution < -0.4 is 17.0 Å². The summed E-state index contributed by atoms with van der Waals surface area (Å²) in [5.41, 5.74) is 0. The third-order valence-corrected chi connectivity index (χ3v) is 4.79. The van der Waals surface area contributed by atoms with E-state index in [1.807, 2.05) is 27.0 Å². The molecule has 0 aliphatic rings. The maximum Gasteiger partial charge on any atom is 0.197 e. The van der Waals surface area contributed by atoms with Crippen LogP contribution in [0, 0.1) is 0 Å². The summed E-state index contributed by atoms with van der Waals surface area (Å²) in [7, 11) is 4.01. The molecule has 0 aromatic heterocycles. The quantitative estimate of drug-likeness (QED) is 0.157. The first kappa shape index (κ1) is 27.1. The number of quaternary nitrogens is 1. The molecular weight excluding hydrogens is 378 g/mol. The topological polar surface area (TPSA) is 26.3 Å². The summed E-state index contributed by atoms with van der Waals surface area (Å²) in [6, 6.07) is 0. The minimum absolute atomic E-state index is 0. The van der Waals surface area contributed by atoms with Crippen molar-refractivity contribution in [2.24, 2.45) is 0 Å². The molecule has 1 atom stereocenters. The lowest BCUT2D eigenvalue weighted by Crippen LogP contribution is -3.00. The molecule has 0 aliphatic carbocycles. The van der Waals surface area contributed by atoms with Crippen molar-refractivity contribution in [3.05, 3.63) is 6.20 Å². The fourth-order valence-corrected chi connectivity index (χ4v) is 3.18. The Morgan fingerprint density at radius 3 is 1.68 bits per heavy atom. The number of hydrogen-bond acceptors (Lipinski definition) is 2. The molecule has 150 valence electrons. The zero-order valence-electron chi connectivity index (χ0n) is 17.2. The van der Waals surface area contributed by atoms with Crippen LogP contribution in [0.2, 0.25) is 0 Å². The van der Waals surface area contributed by atoms with E-state index >= 15 is 0 Å². The summed E-state index contributed by atoms with van der Waals surface area (Å²) >= 11 is 0. The molecule has 0 rings (SSSR count). The van der Waals surface area contributed by atoms with Gasteiger partial charge in [0.05, 0.1) is 20.7 Å². The van der Waals surface area contributed by atoms with Crippen LogP contribution in [0.3, 0.4) is 0 Å². The number of nitrogens with zero attached hydrogens (tertiary/aromatic N) is 1. The lowest BCUT2D eigenvalue weighted by atomic mass is 10.0. The second kappa shape index (κ2) is 18.6. The average molecular weight is 420 g/mol. The van der Waals surface area contributed by atoms with Gasteiger partial charge in [0.25, 0.3) is 0 Å². The van der Waals surface area contributed by atoms with Crippen molar-refractivity contribution in [2.45, 2.75) is 104 Å². The third-order valence-electron chi connectivity index (χ3n) is 4.79. The highest BCUT2D eigenvalue weighted by Crippen LogP contribution is 2.18. The summed E-state index contributed by atoms with van der Waals surface area (Å²) < 4.78 is 6.29. The predicted octanol–water partition coefficient (Wildman–Crippen LogP) is 2.87. The van der Waals surface area contributed by atoms with Crippen molar-refractivity contribution in [3.8, 4) is 0 Å². The molecule has 0 N–H and O–H groups in total. The monoisotopic (exact) mass is 419 g/mol. The van der Waals surface area contributed by atoms with E-state index in [9.17, 15) is 4.79 Å². The number of ether oxygens (including phenoxy) is 1. The Morgan fingerprint density at radius 2 is 1.28 bits per heavy atom. The fraction of sp³-hybridized carbons (Fsp3) is 0.905. The molecule has 0 spiro atoms. The molecule has 1 unspecified atom stereocenters. The minimum atomic E-state index is 0. The molecule has 0 radical (unpaired) electrons. The Hall–Kier alpha value is -0.150. The minimum Gasteiger partial charge on any atom is -1.00 e. The van der Waals surface area contributed by atoms with Gasteiger partial charge in [-0.25, -0.2) is 4.79 Å². The van der Waals surface area contributed by atoms with Crippen LogP contribution in [0.15, 0.2) is 6.20 Å². The van der Waals surface area contributed by atoms with Crippen molar-refractivity contribution in [3.63, 3.8) is 0 Å². The lowest BCUT2D eigenvalue weighted by Gasteiger charge is -2.32. The Labute approximate surface area is 167 Å². The van der Waals surface area contributed by atoms with E-state index in [4.69, 9.17) is 4.74 Å². The van der Waals surface area contributed by atoms with Crippen LogP contribution in [-0.2, 0) is 9.53 Å². The maximum atomic E-state index is 10.7. The standard InChI is InChI=1S/C21H42NO2.BrH/c1-5-7-8-9-10-11-12-13-14-15-16-17-18-21(24-6-2)22(3,4)19-20-23;/h19,21H,5-18H2,1-4H3;1H/q+1;/p-1. The molecule has 25 heavy (non-hydrogen) atoms. The highest BCUT2D eigenvalue weighted by molar-refractivity contribution is 5.42. The lowest BCUT2D eigenvalue weighted by molar-refractivity contribution is -0.890. The van der Waals surface area contributed by atoms with Crippen molar-refractivity contribution < 1.29 is 31.0 Å². The molecule has 0 amide bonds. The van der Waals surface area contributed by atoms with Gasteiger partial charge in [-0.3, -0.25) is 4.48 Å². The van der Waals surface area contributed by atoms with Crippen LogP contribution in [0.25, 0.3) is 0 Å². The molecule has 0 saturated heterocycles. The van der Waals surface area contributed by atoms with Crippen LogP contribution in [-0.4, -0.2) is 37.4 Å². The number of carbonyl (C=O) groups excluding carboxylic acids is 1. The van der Waals surface area contributed by atoms with Gasteiger partial charge in [0.2, 0.25) is 0 Å². The van der Waals surface area contributed by atoms with Crippen LogP contribution in [0.1, 0.15) is 97.3 Å². The Balaban J connectivity index is 0. The van der Waals surface area contributed by atoms with Gasteiger partial charge in [-0.05, 0) is 13.3 Å². The van der Waals surface area contributed by atoms with Gasteiger partial charge >= 0.3 is 0 Å². The first-order valence-electron chi connectivity index (χ1n) is 10.3. The van der Waals surface area contributed by atoms with Crippen molar-refractivity contribution in [1.82, 2.24) is 0 Å². The number of hydrogen-bond donors (Lipinski definition) is 0. The second-order valence-corrected chi connectivity index (χ2v) is 7.46. The summed E-state index contributed by atoms with van der Waals surface area (Å²) in [6.45, 7) is 4.98. The fourth-order valence-electron chi connectivity index (χ4n) is 3.18. The Bertz CT molecular complexity index is 328. The van der Waals surface area contributed by atoms with Gasteiger partial charge in [0.15, 0.2) is 18.4 Å². The van der Waals surface area contributed by atoms with Gasteiger partial charge in [-0.2, -0.15) is 0 Å². The van der Waals surface area contributed by atoms with Gasteiger partial charge < -0.3 is 21.7 Å². The van der Waals surface area contributed by atoms with Gasteiger partial charge in [-0.1, -0.05) is 77.6 Å². The number of rotatable bonds is 17. The van der Waals surface area contributed by atoms with E-state index in [-0.39, 0.29) is 23.2 Å². The third kappa shape index (κ3) is 15.8. The summed E-state index contributed by atoms with van der Waals surface area (Å²) in [4.78, 5) is 10.7. The highest BCUT2D eigenvalue weighted by atomic mass is 79.9. The van der Waals surface area contributed by atoms with E-state index in [1.165, 1.54) is 77.0 Å². The van der Waals surface area contributed by atoms with E-state index < -0.39 is 0 Å². The molecule has 0 bridgehead atoms. The SMILES string of the molecule is CCCCCCCCCCCCCCC(OCC)[N+](C)(C)C=C=O.[Br-]. The predicted molar refractivity (Wildman–Crippen MR) is 103 cm³/mol. The smallest absolute Gasteiger partial charge is 0.197 e. The Kier molecular flexibility index (Phi) is 20.2. The van der Waals surface area contributed by atoms with Gasteiger partial charge in [0.1, 0.15) is 0 Å². The van der Waals surface area contributed by atoms with Gasteiger partial charge in [0, 0.05) is 6.42 Å². The van der Waals surface area contributed by atoms with E-state index in [1.54, 1.807) is 6.20 Å². The molecule has 3 nitrogen and oxygen atoms in total. The first-order chi connectivity index (χ1) is 11.6. The number of halogens is 1. The number of unbranched alkanes of at least 4 members (excludes halogenated alkanes) is 11. The van der Waals surface area contributed by atoms with Crippen molar-refractivity contribution in [1.29, 1.82) is 0 Å². The van der Waals surface area contributed by atoms with E-state index in [0.29, 0.717) is 11.1 Å². The van der Waals surface area contributed by atoms with Crippen LogP contribution >= 0.6 is 0 Å². The maximum absolute atomic E-state index is 10.7. The zero-order chi connectivity index (χ0) is 18.1.